The van der Waals surface area contributed by atoms with Crippen LogP contribution in [0.1, 0.15) is 24.7 Å². The lowest BCUT2D eigenvalue weighted by Crippen LogP contribution is -2.08. The van der Waals surface area contributed by atoms with E-state index in [2.05, 4.69) is 9.97 Å². The number of aliphatic hydroxyl groups excluding tert-OH is 1. The molecule has 1 N–H and O–H groups in total. The largest absolute Gasteiger partial charge is 0.439 e. The Hall–Kier alpha value is -2.99. The van der Waals surface area contributed by atoms with Gasteiger partial charge in [0, 0.05) is 5.56 Å². The van der Waals surface area contributed by atoms with Gasteiger partial charge in [0.1, 0.15) is 24.3 Å². The van der Waals surface area contributed by atoms with Gasteiger partial charge in [0.2, 0.25) is 5.89 Å². The highest BCUT2D eigenvalue weighted by Gasteiger charge is 2.17. The summed E-state index contributed by atoms with van der Waals surface area (Å²) in [5, 5.41) is 10.0. The zero-order valence-corrected chi connectivity index (χ0v) is 13.6. The minimum atomic E-state index is -0.718. The van der Waals surface area contributed by atoms with Gasteiger partial charge in [-0.3, -0.25) is 0 Å². The zero-order valence-electron chi connectivity index (χ0n) is 13.6. The summed E-state index contributed by atoms with van der Waals surface area (Å²) in [5.41, 5.74) is 2.32. The fraction of sp³-hybridized carbons (Fsp3) is 0.158. The Labute approximate surface area is 143 Å². The van der Waals surface area contributed by atoms with Crippen molar-refractivity contribution >= 4 is 11.0 Å². The summed E-state index contributed by atoms with van der Waals surface area (Å²) in [6, 6.07) is 13.8. The SMILES string of the molecule is C[C@@H](O)c1nc2ccccc2n1Cc1ncc(-c2cccc(F)c2)o1. The number of imidazole rings is 1. The van der Waals surface area contributed by atoms with Crippen molar-refractivity contribution in [3.8, 4) is 11.3 Å². The van der Waals surface area contributed by atoms with Gasteiger partial charge in [0.05, 0.1) is 17.2 Å². The third-order valence-corrected chi connectivity index (χ3v) is 4.01. The molecule has 0 radical (unpaired) electrons. The van der Waals surface area contributed by atoms with E-state index in [1.165, 1.54) is 12.1 Å². The van der Waals surface area contributed by atoms with E-state index >= 15 is 0 Å². The van der Waals surface area contributed by atoms with Gasteiger partial charge in [0.25, 0.3) is 0 Å². The number of rotatable bonds is 4. The maximum Gasteiger partial charge on any atom is 0.214 e. The van der Waals surface area contributed by atoms with Crippen LogP contribution in [0.5, 0.6) is 0 Å². The molecule has 0 aliphatic rings. The second kappa shape index (κ2) is 6.14. The average Bonchev–Trinajstić information content (AvgIpc) is 3.21. The fourth-order valence-corrected chi connectivity index (χ4v) is 2.87. The van der Waals surface area contributed by atoms with Crippen LogP contribution in [0.3, 0.4) is 0 Å². The molecule has 2 heterocycles. The molecule has 25 heavy (non-hydrogen) atoms. The monoisotopic (exact) mass is 337 g/mol. The molecule has 0 fully saturated rings. The van der Waals surface area contributed by atoms with Crippen LogP contribution in [0.15, 0.2) is 59.1 Å². The molecule has 0 spiro atoms. The van der Waals surface area contributed by atoms with Gasteiger partial charge in [-0.15, -0.1) is 0 Å². The van der Waals surface area contributed by atoms with E-state index in [0.717, 1.165) is 11.0 Å². The molecule has 2 aromatic heterocycles. The normalized spacial score (nSPS) is 12.6. The molecule has 0 saturated carbocycles. The third kappa shape index (κ3) is 2.92. The first kappa shape index (κ1) is 15.5. The van der Waals surface area contributed by atoms with Crippen LogP contribution >= 0.6 is 0 Å². The minimum absolute atomic E-state index is 0.326. The van der Waals surface area contributed by atoms with E-state index in [1.54, 1.807) is 25.3 Å². The second-order valence-corrected chi connectivity index (χ2v) is 5.85. The van der Waals surface area contributed by atoms with Crippen LogP contribution in [0.25, 0.3) is 22.4 Å². The molecule has 0 aliphatic carbocycles. The highest BCUT2D eigenvalue weighted by atomic mass is 19.1. The van der Waals surface area contributed by atoms with Gasteiger partial charge < -0.3 is 14.1 Å². The van der Waals surface area contributed by atoms with Crippen molar-refractivity contribution in [3.05, 3.63) is 72.3 Å². The number of halogens is 1. The van der Waals surface area contributed by atoms with E-state index < -0.39 is 6.10 Å². The Morgan fingerprint density at radius 1 is 1.20 bits per heavy atom. The van der Waals surface area contributed by atoms with Crippen molar-refractivity contribution in [2.75, 3.05) is 0 Å². The number of fused-ring (bicyclic) bond motifs is 1. The molecule has 4 rings (SSSR count). The first-order valence-corrected chi connectivity index (χ1v) is 7.95. The summed E-state index contributed by atoms with van der Waals surface area (Å²) in [7, 11) is 0. The quantitative estimate of drug-likeness (QED) is 0.613. The Morgan fingerprint density at radius 2 is 2.04 bits per heavy atom. The van der Waals surface area contributed by atoms with Crippen LogP contribution in [-0.4, -0.2) is 19.6 Å². The maximum atomic E-state index is 13.4. The molecule has 6 heteroatoms. The van der Waals surface area contributed by atoms with Crippen molar-refractivity contribution in [2.24, 2.45) is 0 Å². The first-order valence-electron chi connectivity index (χ1n) is 7.95. The Balaban J connectivity index is 1.72. The molecule has 5 nitrogen and oxygen atoms in total. The summed E-state index contributed by atoms with van der Waals surface area (Å²) in [6.45, 7) is 2.00. The van der Waals surface area contributed by atoms with Crippen LogP contribution in [0.4, 0.5) is 4.39 Å². The Kier molecular flexibility index (Phi) is 3.82. The van der Waals surface area contributed by atoms with Crippen LogP contribution in [0.2, 0.25) is 0 Å². The van der Waals surface area contributed by atoms with Crippen molar-refractivity contribution in [2.45, 2.75) is 19.6 Å². The van der Waals surface area contributed by atoms with E-state index in [1.807, 2.05) is 28.8 Å². The number of para-hydroxylation sites is 2. The maximum absolute atomic E-state index is 13.4. The van der Waals surface area contributed by atoms with Gasteiger partial charge in [-0.05, 0) is 31.2 Å². The second-order valence-electron chi connectivity index (χ2n) is 5.85. The molecule has 1 atom stereocenters. The lowest BCUT2D eigenvalue weighted by molar-refractivity contribution is 0.184. The van der Waals surface area contributed by atoms with Gasteiger partial charge >= 0.3 is 0 Å². The van der Waals surface area contributed by atoms with Crippen LogP contribution < -0.4 is 0 Å². The number of hydrogen-bond acceptors (Lipinski definition) is 4. The van der Waals surface area contributed by atoms with Gasteiger partial charge in [0.15, 0.2) is 5.76 Å². The molecule has 126 valence electrons. The van der Waals surface area contributed by atoms with Crippen molar-refractivity contribution < 1.29 is 13.9 Å². The molecule has 2 aromatic carbocycles. The summed E-state index contributed by atoms with van der Waals surface area (Å²) in [4.78, 5) is 8.76. The molecule has 0 unspecified atom stereocenters. The predicted octanol–water partition coefficient (Wildman–Crippen LogP) is 3.93. The number of benzene rings is 2. The summed E-state index contributed by atoms with van der Waals surface area (Å²) < 4.78 is 21.0. The van der Waals surface area contributed by atoms with E-state index in [-0.39, 0.29) is 5.82 Å². The van der Waals surface area contributed by atoms with Crippen molar-refractivity contribution in [1.82, 2.24) is 14.5 Å². The number of aromatic nitrogens is 3. The van der Waals surface area contributed by atoms with Gasteiger partial charge in [-0.2, -0.15) is 0 Å². The minimum Gasteiger partial charge on any atom is -0.439 e. The molecule has 0 aliphatic heterocycles. The standard InChI is InChI=1S/C19H16FN3O2/c1-12(24)19-22-15-7-2-3-8-16(15)23(19)11-18-21-10-17(25-18)13-5-4-6-14(20)9-13/h2-10,12,24H,11H2,1H3/t12-/m1/s1. The molecular weight excluding hydrogens is 321 g/mol. The highest BCUT2D eigenvalue weighted by molar-refractivity contribution is 5.76. The number of aliphatic hydroxyl groups is 1. The summed E-state index contributed by atoms with van der Waals surface area (Å²) >= 11 is 0. The molecule has 0 amide bonds. The molecular formula is C19H16FN3O2. The van der Waals surface area contributed by atoms with Crippen LogP contribution in [0, 0.1) is 5.82 Å². The number of oxazole rings is 1. The molecule has 0 saturated heterocycles. The Morgan fingerprint density at radius 3 is 2.84 bits per heavy atom. The van der Waals surface area contributed by atoms with Crippen LogP contribution in [-0.2, 0) is 6.54 Å². The molecule has 4 aromatic rings. The smallest absolute Gasteiger partial charge is 0.214 e. The highest BCUT2D eigenvalue weighted by Crippen LogP contribution is 2.25. The lowest BCUT2D eigenvalue weighted by atomic mass is 10.2. The van der Waals surface area contributed by atoms with E-state index in [4.69, 9.17) is 4.42 Å². The third-order valence-electron chi connectivity index (χ3n) is 4.01. The van der Waals surface area contributed by atoms with E-state index in [0.29, 0.717) is 29.6 Å². The average molecular weight is 337 g/mol. The van der Waals surface area contributed by atoms with Crippen molar-refractivity contribution in [3.63, 3.8) is 0 Å². The predicted molar refractivity (Wildman–Crippen MR) is 91.4 cm³/mol. The van der Waals surface area contributed by atoms with Gasteiger partial charge in [-0.1, -0.05) is 24.3 Å². The summed E-state index contributed by atoms with van der Waals surface area (Å²) in [5.74, 6) is 1.18. The first-order chi connectivity index (χ1) is 12.1. The fourth-order valence-electron chi connectivity index (χ4n) is 2.87. The number of hydrogen-bond donors (Lipinski definition) is 1. The lowest BCUT2D eigenvalue weighted by Gasteiger charge is -2.08. The Bertz CT molecular complexity index is 1040. The molecule has 0 bridgehead atoms. The topological polar surface area (TPSA) is 64.1 Å². The van der Waals surface area contributed by atoms with Crippen molar-refractivity contribution in [1.29, 1.82) is 0 Å². The van der Waals surface area contributed by atoms with E-state index in [9.17, 15) is 9.50 Å². The summed E-state index contributed by atoms with van der Waals surface area (Å²) in [6.07, 6.45) is 0.857. The zero-order chi connectivity index (χ0) is 17.4. The van der Waals surface area contributed by atoms with Gasteiger partial charge in [-0.25, -0.2) is 14.4 Å². The number of nitrogens with zero attached hydrogens (tertiary/aromatic N) is 3.